The Morgan fingerprint density at radius 2 is 2.23 bits per heavy atom. The molecule has 1 saturated heterocycles. The average Bonchev–Trinajstić information content (AvgIpc) is 2.43. The summed E-state index contributed by atoms with van der Waals surface area (Å²) in [5.74, 6) is -0.533. The molecule has 0 aromatic heterocycles. The summed E-state index contributed by atoms with van der Waals surface area (Å²) in [5, 5.41) is 9.77. The molecule has 1 N–H and O–H groups in total. The molecule has 0 aromatic carbocycles. The van der Waals surface area contributed by atoms with Crippen LogP contribution in [-0.2, 0) is 9.47 Å². The van der Waals surface area contributed by atoms with Crippen molar-refractivity contribution >= 4 is 0 Å². The number of ether oxygens (including phenoxy) is 2. The summed E-state index contributed by atoms with van der Waals surface area (Å²) in [7, 11) is 0. The number of aliphatic hydroxyl groups is 1. The molecule has 1 aliphatic rings. The van der Waals surface area contributed by atoms with Gasteiger partial charge in [-0.3, -0.25) is 0 Å². The van der Waals surface area contributed by atoms with E-state index in [-0.39, 0.29) is 12.0 Å². The van der Waals surface area contributed by atoms with Crippen molar-refractivity contribution in [3.8, 4) is 0 Å². The minimum Gasteiger partial charge on any atom is -0.390 e. The van der Waals surface area contributed by atoms with Gasteiger partial charge in [-0.15, -0.1) is 6.58 Å². The Bertz CT molecular complexity index is 189. The predicted octanol–water partition coefficient (Wildman–Crippen LogP) is 1.32. The fourth-order valence-electron chi connectivity index (χ4n) is 1.36. The Hall–Kier alpha value is -0.380. The van der Waals surface area contributed by atoms with Crippen LogP contribution in [0, 0.1) is 5.92 Å². The van der Waals surface area contributed by atoms with Gasteiger partial charge in [0.1, 0.15) is 6.10 Å². The van der Waals surface area contributed by atoms with E-state index in [9.17, 15) is 5.11 Å². The second-order valence-electron chi connectivity index (χ2n) is 3.95. The van der Waals surface area contributed by atoms with E-state index >= 15 is 0 Å². The summed E-state index contributed by atoms with van der Waals surface area (Å²) in [6.45, 7) is 9.68. The summed E-state index contributed by atoms with van der Waals surface area (Å²) < 4.78 is 10.9. The molecular formula is C10H18O3. The third-order valence-corrected chi connectivity index (χ3v) is 2.32. The van der Waals surface area contributed by atoms with Crippen LogP contribution in [-0.4, -0.2) is 29.7 Å². The number of rotatable bonds is 3. The zero-order valence-corrected chi connectivity index (χ0v) is 8.49. The lowest BCUT2D eigenvalue weighted by molar-refractivity contribution is -0.153. The quantitative estimate of drug-likeness (QED) is 0.676. The highest BCUT2D eigenvalue weighted by Crippen LogP contribution is 2.26. The fraction of sp³-hybridized carbons (Fsp3) is 0.800. The van der Waals surface area contributed by atoms with Crippen molar-refractivity contribution in [3.05, 3.63) is 12.7 Å². The lowest BCUT2D eigenvalue weighted by Gasteiger charge is -2.22. The Morgan fingerprint density at radius 1 is 1.62 bits per heavy atom. The van der Waals surface area contributed by atoms with Crippen molar-refractivity contribution in [1.82, 2.24) is 0 Å². The Labute approximate surface area is 79.3 Å². The molecule has 0 bridgehead atoms. The van der Waals surface area contributed by atoms with E-state index in [1.807, 2.05) is 20.8 Å². The highest BCUT2D eigenvalue weighted by Gasteiger charge is 2.37. The molecule has 0 spiro atoms. The predicted molar refractivity (Wildman–Crippen MR) is 50.3 cm³/mol. The molecule has 1 fully saturated rings. The van der Waals surface area contributed by atoms with Gasteiger partial charge in [-0.2, -0.15) is 0 Å². The van der Waals surface area contributed by atoms with Crippen molar-refractivity contribution in [2.24, 2.45) is 5.92 Å². The van der Waals surface area contributed by atoms with E-state index < -0.39 is 11.9 Å². The normalized spacial score (nSPS) is 31.2. The Morgan fingerprint density at radius 3 is 2.62 bits per heavy atom. The highest BCUT2D eigenvalue weighted by molar-refractivity contribution is 4.88. The van der Waals surface area contributed by atoms with Gasteiger partial charge in [0.15, 0.2) is 5.79 Å². The largest absolute Gasteiger partial charge is 0.390 e. The molecule has 76 valence electrons. The van der Waals surface area contributed by atoms with Gasteiger partial charge in [0.05, 0.1) is 12.7 Å². The first-order valence-corrected chi connectivity index (χ1v) is 4.58. The van der Waals surface area contributed by atoms with Crippen LogP contribution >= 0.6 is 0 Å². The molecule has 0 amide bonds. The monoisotopic (exact) mass is 186 g/mol. The van der Waals surface area contributed by atoms with Crippen LogP contribution in [0.5, 0.6) is 0 Å². The molecule has 3 nitrogen and oxygen atoms in total. The van der Waals surface area contributed by atoms with E-state index in [1.165, 1.54) is 0 Å². The number of aliphatic hydroxyl groups excluding tert-OH is 1. The minimum absolute atomic E-state index is 0.0301. The van der Waals surface area contributed by atoms with Crippen LogP contribution in [0.15, 0.2) is 12.7 Å². The van der Waals surface area contributed by atoms with Crippen molar-refractivity contribution in [2.45, 2.75) is 38.8 Å². The molecule has 0 saturated carbocycles. The zero-order valence-electron chi connectivity index (χ0n) is 8.49. The van der Waals surface area contributed by atoms with Crippen LogP contribution in [0.1, 0.15) is 20.8 Å². The Balaban J connectivity index is 2.51. The first-order valence-electron chi connectivity index (χ1n) is 4.58. The molecule has 3 atom stereocenters. The van der Waals surface area contributed by atoms with Crippen molar-refractivity contribution in [3.63, 3.8) is 0 Å². The third-order valence-electron chi connectivity index (χ3n) is 2.32. The average molecular weight is 186 g/mol. The molecule has 0 aliphatic carbocycles. The smallest absolute Gasteiger partial charge is 0.163 e. The highest BCUT2D eigenvalue weighted by atomic mass is 16.7. The maximum absolute atomic E-state index is 9.77. The van der Waals surface area contributed by atoms with Gasteiger partial charge in [-0.05, 0) is 13.8 Å². The van der Waals surface area contributed by atoms with Gasteiger partial charge in [0.2, 0.25) is 0 Å². The molecular weight excluding hydrogens is 168 g/mol. The molecule has 1 aliphatic heterocycles. The molecule has 1 heterocycles. The van der Waals surface area contributed by atoms with Crippen molar-refractivity contribution in [2.75, 3.05) is 6.61 Å². The number of hydrogen-bond acceptors (Lipinski definition) is 3. The fourth-order valence-corrected chi connectivity index (χ4v) is 1.36. The summed E-state index contributed by atoms with van der Waals surface area (Å²) in [5.41, 5.74) is 0. The van der Waals surface area contributed by atoms with Gasteiger partial charge < -0.3 is 14.6 Å². The van der Waals surface area contributed by atoms with E-state index in [0.29, 0.717) is 6.61 Å². The van der Waals surface area contributed by atoms with Gasteiger partial charge >= 0.3 is 0 Å². The summed E-state index contributed by atoms with van der Waals surface area (Å²) in [4.78, 5) is 0. The summed E-state index contributed by atoms with van der Waals surface area (Å²) in [6, 6.07) is 0. The van der Waals surface area contributed by atoms with E-state index in [0.717, 1.165) is 0 Å². The van der Waals surface area contributed by atoms with Crippen molar-refractivity contribution < 1.29 is 14.6 Å². The first kappa shape index (κ1) is 10.7. The lowest BCUT2D eigenvalue weighted by atomic mass is 10.0. The first-order chi connectivity index (χ1) is 5.96. The molecule has 0 unspecified atom stereocenters. The van der Waals surface area contributed by atoms with Gasteiger partial charge in [0.25, 0.3) is 0 Å². The zero-order chi connectivity index (χ0) is 10.1. The molecule has 0 aromatic rings. The topological polar surface area (TPSA) is 38.7 Å². The van der Waals surface area contributed by atoms with Crippen molar-refractivity contribution in [1.29, 1.82) is 0 Å². The van der Waals surface area contributed by atoms with E-state index in [2.05, 4.69) is 6.58 Å². The van der Waals surface area contributed by atoms with Gasteiger partial charge in [-0.1, -0.05) is 13.0 Å². The van der Waals surface area contributed by atoms with Gasteiger partial charge in [0, 0.05) is 5.92 Å². The van der Waals surface area contributed by atoms with Crippen LogP contribution in [0.25, 0.3) is 0 Å². The van der Waals surface area contributed by atoms with Crippen LogP contribution in [0.2, 0.25) is 0 Å². The summed E-state index contributed by atoms with van der Waals surface area (Å²) >= 11 is 0. The number of hydrogen-bond donors (Lipinski definition) is 1. The maximum Gasteiger partial charge on any atom is 0.163 e. The molecule has 13 heavy (non-hydrogen) atoms. The third kappa shape index (κ3) is 2.53. The van der Waals surface area contributed by atoms with Crippen LogP contribution in [0.3, 0.4) is 0 Å². The lowest BCUT2D eigenvalue weighted by Crippen LogP contribution is -2.34. The van der Waals surface area contributed by atoms with Gasteiger partial charge in [-0.25, -0.2) is 0 Å². The van der Waals surface area contributed by atoms with Crippen LogP contribution < -0.4 is 0 Å². The standard InChI is InChI=1S/C10H18O3/c1-5-7(2)9(11)8-6-12-10(3,4)13-8/h5,7-9,11H,1,6H2,2-4H3/t7-,8+,9+/m1/s1. The maximum atomic E-state index is 9.77. The van der Waals surface area contributed by atoms with E-state index in [1.54, 1.807) is 6.08 Å². The second-order valence-corrected chi connectivity index (χ2v) is 3.95. The van der Waals surface area contributed by atoms with E-state index in [4.69, 9.17) is 9.47 Å². The van der Waals surface area contributed by atoms with Crippen LogP contribution in [0.4, 0.5) is 0 Å². The molecule has 1 rings (SSSR count). The molecule has 3 heteroatoms. The SMILES string of the molecule is C=C[C@@H](C)[C@H](O)[C@@H]1COC(C)(C)O1. The molecule has 0 radical (unpaired) electrons. The second kappa shape index (κ2) is 3.78. The summed E-state index contributed by atoms with van der Waals surface area (Å²) in [6.07, 6.45) is 0.960. The minimum atomic E-state index is -0.563. The Kier molecular flexibility index (Phi) is 3.11.